The van der Waals surface area contributed by atoms with Gasteiger partial charge in [-0.05, 0) is 29.8 Å². The van der Waals surface area contributed by atoms with E-state index in [1.807, 2.05) is 54.6 Å². The smallest absolute Gasteiger partial charge is 0.321 e. The van der Waals surface area contributed by atoms with Crippen molar-refractivity contribution in [2.75, 3.05) is 24.9 Å². The van der Waals surface area contributed by atoms with E-state index in [0.717, 1.165) is 17.0 Å². The van der Waals surface area contributed by atoms with Crippen molar-refractivity contribution < 1.29 is 19.1 Å². The van der Waals surface area contributed by atoms with E-state index in [4.69, 9.17) is 9.47 Å². The van der Waals surface area contributed by atoms with Gasteiger partial charge >= 0.3 is 5.97 Å². The van der Waals surface area contributed by atoms with Crippen molar-refractivity contribution in [2.24, 2.45) is 0 Å². The Hall–Kier alpha value is -2.47. The third kappa shape index (κ3) is 3.49. The first-order chi connectivity index (χ1) is 12.2. The van der Waals surface area contributed by atoms with Gasteiger partial charge in [-0.25, -0.2) is 0 Å². The normalized spacial score (nSPS) is 20.2. The monoisotopic (exact) mass is 357 g/mol. The summed E-state index contributed by atoms with van der Waals surface area (Å²) in [4.78, 5) is 26.7. The lowest BCUT2D eigenvalue weighted by Gasteiger charge is -2.39. The molecule has 0 aromatic heterocycles. The Morgan fingerprint density at radius 1 is 1.08 bits per heavy atom. The number of esters is 1. The van der Waals surface area contributed by atoms with Gasteiger partial charge in [0.1, 0.15) is 11.0 Å². The van der Waals surface area contributed by atoms with Gasteiger partial charge in [-0.3, -0.25) is 9.59 Å². The summed E-state index contributed by atoms with van der Waals surface area (Å²) in [6.07, 6.45) is 0. The number of methoxy groups -OCH3 is 2. The topological polar surface area (TPSA) is 55.8 Å². The van der Waals surface area contributed by atoms with Gasteiger partial charge in [-0.2, -0.15) is 0 Å². The molecular formula is C19H19NO4S. The van der Waals surface area contributed by atoms with E-state index >= 15 is 0 Å². The standard InChI is InChI=1S/C19H19NO4S/c1-23-15-10-8-13(9-11-15)17-18(19(22)24-2)25-12-16(21)20(17)14-6-4-3-5-7-14/h3-11,17-18H,12H2,1-2H3/t17-,18+/m0/s1. The summed E-state index contributed by atoms with van der Waals surface area (Å²) in [6.45, 7) is 0. The molecule has 2 aromatic rings. The van der Waals surface area contributed by atoms with Gasteiger partial charge in [0.05, 0.1) is 26.0 Å². The molecule has 25 heavy (non-hydrogen) atoms. The summed E-state index contributed by atoms with van der Waals surface area (Å²) in [5.74, 6) is 0.595. The van der Waals surface area contributed by atoms with Crippen LogP contribution in [0.1, 0.15) is 11.6 Å². The highest BCUT2D eigenvalue weighted by atomic mass is 32.2. The molecule has 6 heteroatoms. The summed E-state index contributed by atoms with van der Waals surface area (Å²) in [5.41, 5.74) is 1.63. The van der Waals surface area contributed by atoms with Crippen molar-refractivity contribution in [3.05, 3.63) is 60.2 Å². The number of thioether (sulfide) groups is 1. The average Bonchev–Trinajstić information content (AvgIpc) is 2.68. The fourth-order valence-electron chi connectivity index (χ4n) is 2.94. The summed E-state index contributed by atoms with van der Waals surface area (Å²) in [5, 5.41) is -0.490. The number of para-hydroxylation sites is 1. The minimum Gasteiger partial charge on any atom is -0.497 e. The van der Waals surface area contributed by atoms with Crippen LogP contribution in [0.2, 0.25) is 0 Å². The number of carbonyl (C=O) groups is 2. The van der Waals surface area contributed by atoms with Crippen molar-refractivity contribution in [1.29, 1.82) is 0 Å². The molecule has 3 rings (SSSR count). The number of amides is 1. The largest absolute Gasteiger partial charge is 0.497 e. The molecule has 5 nitrogen and oxygen atoms in total. The Labute approximate surface area is 150 Å². The summed E-state index contributed by atoms with van der Waals surface area (Å²) in [6, 6.07) is 16.4. The second-order valence-electron chi connectivity index (χ2n) is 5.57. The van der Waals surface area contributed by atoms with E-state index in [1.165, 1.54) is 18.9 Å². The summed E-state index contributed by atoms with van der Waals surface area (Å²) in [7, 11) is 2.97. The number of hydrogen-bond donors (Lipinski definition) is 0. The average molecular weight is 357 g/mol. The SMILES string of the molecule is COC(=O)[C@@H]1SCC(=O)N(c2ccccc2)[C@H]1c1ccc(OC)cc1. The first-order valence-corrected chi connectivity index (χ1v) is 8.91. The van der Waals surface area contributed by atoms with E-state index in [1.54, 1.807) is 12.0 Å². The molecule has 1 amide bonds. The van der Waals surface area contributed by atoms with Gasteiger partial charge in [0, 0.05) is 5.69 Å². The quantitative estimate of drug-likeness (QED) is 0.787. The van der Waals surface area contributed by atoms with Crippen LogP contribution in [-0.2, 0) is 14.3 Å². The van der Waals surface area contributed by atoms with Gasteiger partial charge in [-0.1, -0.05) is 30.3 Å². The van der Waals surface area contributed by atoms with Gasteiger partial charge in [-0.15, -0.1) is 11.8 Å². The molecule has 1 aliphatic rings. The van der Waals surface area contributed by atoms with Crippen molar-refractivity contribution in [3.8, 4) is 5.75 Å². The van der Waals surface area contributed by atoms with Gasteiger partial charge in [0.15, 0.2) is 0 Å². The first-order valence-electron chi connectivity index (χ1n) is 7.86. The Morgan fingerprint density at radius 2 is 1.76 bits per heavy atom. The lowest BCUT2D eigenvalue weighted by molar-refractivity contribution is -0.140. The maximum atomic E-state index is 12.7. The summed E-state index contributed by atoms with van der Waals surface area (Å²) >= 11 is 1.32. The van der Waals surface area contributed by atoms with E-state index in [2.05, 4.69) is 0 Å². The van der Waals surface area contributed by atoms with Crippen LogP contribution in [-0.4, -0.2) is 37.1 Å². The molecule has 0 radical (unpaired) electrons. The van der Waals surface area contributed by atoms with Gasteiger partial charge in [0.25, 0.3) is 0 Å². The van der Waals surface area contributed by atoms with Crippen molar-refractivity contribution in [3.63, 3.8) is 0 Å². The molecular weight excluding hydrogens is 338 g/mol. The minimum absolute atomic E-state index is 0.0304. The number of nitrogens with zero attached hydrogens (tertiary/aromatic N) is 1. The molecule has 1 fully saturated rings. The van der Waals surface area contributed by atoms with Crippen LogP contribution in [0.15, 0.2) is 54.6 Å². The number of ether oxygens (including phenoxy) is 2. The van der Waals surface area contributed by atoms with Crippen LogP contribution in [0, 0.1) is 0 Å². The molecule has 0 spiro atoms. The molecule has 2 aromatic carbocycles. The Morgan fingerprint density at radius 3 is 2.36 bits per heavy atom. The molecule has 1 aliphatic heterocycles. The third-order valence-electron chi connectivity index (χ3n) is 4.15. The van der Waals surface area contributed by atoms with Crippen molar-refractivity contribution in [1.82, 2.24) is 0 Å². The molecule has 0 N–H and O–H groups in total. The van der Waals surface area contributed by atoms with Gasteiger partial charge in [0.2, 0.25) is 5.91 Å². The van der Waals surface area contributed by atoms with E-state index in [-0.39, 0.29) is 17.6 Å². The number of benzene rings is 2. The van der Waals surface area contributed by atoms with E-state index in [9.17, 15) is 9.59 Å². The lowest BCUT2D eigenvalue weighted by atomic mass is 9.99. The molecule has 0 saturated carbocycles. The fourth-order valence-corrected chi connectivity index (χ4v) is 4.10. The first kappa shape index (κ1) is 17.4. The highest BCUT2D eigenvalue weighted by molar-refractivity contribution is 8.01. The lowest BCUT2D eigenvalue weighted by Crippen LogP contribution is -2.48. The highest BCUT2D eigenvalue weighted by Crippen LogP contribution is 2.40. The molecule has 0 bridgehead atoms. The van der Waals surface area contributed by atoms with Crippen LogP contribution in [0.4, 0.5) is 5.69 Å². The maximum Gasteiger partial charge on any atom is 0.321 e. The van der Waals surface area contributed by atoms with E-state index in [0.29, 0.717) is 0 Å². The molecule has 0 aliphatic carbocycles. The zero-order valence-electron chi connectivity index (χ0n) is 14.0. The van der Waals surface area contributed by atoms with Crippen LogP contribution >= 0.6 is 11.8 Å². The van der Waals surface area contributed by atoms with Crippen LogP contribution in [0.25, 0.3) is 0 Å². The number of anilines is 1. The minimum atomic E-state index is -0.490. The Balaban J connectivity index is 2.08. The summed E-state index contributed by atoms with van der Waals surface area (Å²) < 4.78 is 10.2. The number of hydrogen-bond acceptors (Lipinski definition) is 5. The predicted octanol–water partition coefficient (Wildman–Crippen LogP) is 3.06. The molecule has 2 atom stereocenters. The molecule has 1 saturated heterocycles. The van der Waals surface area contributed by atoms with E-state index < -0.39 is 11.3 Å². The number of rotatable bonds is 4. The maximum absolute atomic E-state index is 12.7. The highest BCUT2D eigenvalue weighted by Gasteiger charge is 2.42. The number of carbonyl (C=O) groups excluding carboxylic acids is 2. The van der Waals surface area contributed by atoms with Crippen LogP contribution in [0.3, 0.4) is 0 Å². The zero-order valence-corrected chi connectivity index (χ0v) is 14.9. The van der Waals surface area contributed by atoms with Gasteiger partial charge < -0.3 is 14.4 Å². The zero-order chi connectivity index (χ0) is 17.8. The Kier molecular flexibility index (Phi) is 5.28. The second kappa shape index (κ2) is 7.61. The van der Waals surface area contributed by atoms with Crippen LogP contribution < -0.4 is 9.64 Å². The third-order valence-corrected chi connectivity index (χ3v) is 5.37. The molecule has 130 valence electrons. The van der Waals surface area contributed by atoms with Crippen molar-refractivity contribution in [2.45, 2.75) is 11.3 Å². The van der Waals surface area contributed by atoms with Crippen LogP contribution in [0.5, 0.6) is 5.75 Å². The second-order valence-corrected chi connectivity index (χ2v) is 6.70. The molecule has 1 heterocycles. The fraction of sp³-hybridized carbons (Fsp3) is 0.263. The Bertz CT molecular complexity index is 748. The molecule has 0 unspecified atom stereocenters. The predicted molar refractivity (Wildman–Crippen MR) is 97.9 cm³/mol. The van der Waals surface area contributed by atoms with Crippen molar-refractivity contribution >= 4 is 29.3 Å².